The lowest BCUT2D eigenvalue weighted by Gasteiger charge is -2.09. The Morgan fingerprint density at radius 1 is 1.00 bits per heavy atom. The number of amides is 3. The maximum Gasteiger partial charge on any atom is 0.343 e. The van der Waals surface area contributed by atoms with E-state index in [2.05, 4.69) is 15.4 Å². The number of rotatable bonds is 6. The third-order valence-electron chi connectivity index (χ3n) is 3.38. The third-order valence-corrected chi connectivity index (χ3v) is 3.38. The van der Waals surface area contributed by atoms with Crippen LogP contribution in [0.1, 0.15) is 15.9 Å². The monoisotopic (exact) mass is 370 g/mol. The maximum atomic E-state index is 12.0. The van der Waals surface area contributed by atoms with E-state index in [1.807, 2.05) is 0 Å². The lowest BCUT2D eigenvalue weighted by atomic mass is 10.1. The van der Waals surface area contributed by atoms with Crippen LogP contribution in [-0.4, -0.2) is 37.5 Å². The van der Waals surface area contributed by atoms with Crippen molar-refractivity contribution in [3.63, 3.8) is 0 Å². The van der Waals surface area contributed by atoms with Crippen molar-refractivity contribution in [2.45, 2.75) is 0 Å². The fraction of sp³-hybridized carbons (Fsp3) is 0.111. The molecule has 3 amide bonds. The van der Waals surface area contributed by atoms with Gasteiger partial charge in [-0.2, -0.15) is 0 Å². The van der Waals surface area contributed by atoms with E-state index in [1.54, 1.807) is 24.3 Å². The standard InChI is InChI=1S/C18H18N4O5/c1-26-15(23)10-27-14-8-6-13(7-9-14)21-18(25)22-17(24)12-4-2-11(3-5-12)16(19)20/h2-9H,10H2,1H3,(H3,19,20)(H2,21,22,24,25). The summed E-state index contributed by atoms with van der Waals surface area (Å²) in [6.45, 7) is -0.222. The molecule has 0 atom stereocenters. The van der Waals surface area contributed by atoms with Crippen LogP contribution < -0.4 is 21.1 Å². The van der Waals surface area contributed by atoms with Gasteiger partial charge in [0.2, 0.25) is 0 Å². The van der Waals surface area contributed by atoms with E-state index in [0.717, 1.165) is 0 Å². The molecule has 0 fully saturated rings. The number of imide groups is 1. The quantitative estimate of drug-likeness (QED) is 0.344. The molecule has 0 radical (unpaired) electrons. The lowest BCUT2D eigenvalue weighted by molar-refractivity contribution is -0.142. The first kappa shape index (κ1) is 19.4. The van der Waals surface area contributed by atoms with E-state index in [-0.39, 0.29) is 18.0 Å². The van der Waals surface area contributed by atoms with Gasteiger partial charge in [0.15, 0.2) is 6.61 Å². The number of nitrogen functional groups attached to an aromatic ring is 1. The first-order chi connectivity index (χ1) is 12.9. The summed E-state index contributed by atoms with van der Waals surface area (Å²) in [5, 5.41) is 12.0. The van der Waals surface area contributed by atoms with E-state index in [1.165, 1.54) is 31.4 Å². The molecular formula is C18H18N4O5. The molecule has 0 spiro atoms. The smallest absolute Gasteiger partial charge is 0.343 e. The first-order valence-electron chi connectivity index (χ1n) is 7.75. The highest BCUT2D eigenvalue weighted by atomic mass is 16.6. The first-order valence-corrected chi connectivity index (χ1v) is 7.75. The Hall–Kier alpha value is -3.88. The molecule has 0 saturated carbocycles. The van der Waals surface area contributed by atoms with Gasteiger partial charge in [-0.15, -0.1) is 0 Å². The van der Waals surface area contributed by atoms with Crippen molar-refractivity contribution in [1.29, 1.82) is 5.41 Å². The summed E-state index contributed by atoms with van der Waals surface area (Å²) in [6.07, 6.45) is 0. The normalized spacial score (nSPS) is 9.81. The van der Waals surface area contributed by atoms with Crippen LogP contribution in [0.4, 0.5) is 10.5 Å². The maximum absolute atomic E-state index is 12.0. The topological polar surface area (TPSA) is 144 Å². The van der Waals surface area contributed by atoms with Gasteiger partial charge in [0.25, 0.3) is 5.91 Å². The zero-order valence-corrected chi connectivity index (χ0v) is 14.4. The molecule has 0 aromatic heterocycles. The highest BCUT2D eigenvalue weighted by molar-refractivity contribution is 6.08. The van der Waals surface area contributed by atoms with E-state index in [4.69, 9.17) is 15.9 Å². The van der Waals surface area contributed by atoms with E-state index in [9.17, 15) is 14.4 Å². The summed E-state index contributed by atoms with van der Waals surface area (Å²) in [4.78, 5) is 35.0. The van der Waals surface area contributed by atoms with Gasteiger partial charge in [0, 0.05) is 16.8 Å². The Kier molecular flexibility index (Phi) is 6.48. The molecule has 2 rings (SSSR count). The van der Waals surface area contributed by atoms with Crippen LogP contribution in [0.5, 0.6) is 5.75 Å². The molecule has 0 unspecified atom stereocenters. The second-order valence-electron chi connectivity index (χ2n) is 5.29. The number of anilines is 1. The molecule has 9 nitrogen and oxygen atoms in total. The van der Waals surface area contributed by atoms with Crippen molar-refractivity contribution < 1.29 is 23.9 Å². The number of esters is 1. The number of hydrogen-bond donors (Lipinski definition) is 4. The van der Waals surface area contributed by atoms with Gasteiger partial charge in [0.1, 0.15) is 11.6 Å². The molecule has 0 aliphatic carbocycles. The average molecular weight is 370 g/mol. The van der Waals surface area contributed by atoms with Crippen LogP contribution in [0.2, 0.25) is 0 Å². The minimum absolute atomic E-state index is 0.112. The van der Waals surface area contributed by atoms with Crippen molar-refractivity contribution >= 4 is 29.4 Å². The average Bonchev–Trinajstić information content (AvgIpc) is 2.67. The second kappa shape index (κ2) is 8.99. The predicted molar refractivity (Wildman–Crippen MR) is 97.9 cm³/mol. The number of carbonyl (C=O) groups is 3. The van der Waals surface area contributed by atoms with Crippen molar-refractivity contribution in [2.24, 2.45) is 5.73 Å². The number of hydrogen-bond acceptors (Lipinski definition) is 6. The molecule has 0 aliphatic heterocycles. The van der Waals surface area contributed by atoms with Gasteiger partial charge in [-0.25, -0.2) is 9.59 Å². The van der Waals surface area contributed by atoms with Crippen molar-refractivity contribution in [3.8, 4) is 5.75 Å². The van der Waals surface area contributed by atoms with Gasteiger partial charge in [-0.05, 0) is 36.4 Å². The second-order valence-corrected chi connectivity index (χ2v) is 5.29. The highest BCUT2D eigenvalue weighted by Crippen LogP contribution is 2.15. The fourth-order valence-electron chi connectivity index (χ4n) is 1.97. The van der Waals surface area contributed by atoms with Crippen LogP contribution in [0.15, 0.2) is 48.5 Å². The van der Waals surface area contributed by atoms with Crippen molar-refractivity contribution in [3.05, 3.63) is 59.7 Å². The zero-order chi connectivity index (χ0) is 19.8. The van der Waals surface area contributed by atoms with Crippen molar-refractivity contribution in [1.82, 2.24) is 5.32 Å². The molecule has 2 aromatic rings. The molecule has 0 saturated heterocycles. The number of nitrogens with two attached hydrogens (primary N) is 1. The fourth-order valence-corrected chi connectivity index (χ4v) is 1.97. The number of ether oxygens (including phenoxy) is 2. The van der Waals surface area contributed by atoms with E-state index >= 15 is 0 Å². The number of nitrogens with one attached hydrogen (secondary N) is 3. The summed E-state index contributed by atoms with van der Waals surface area (Å²) >= 11 is 0. The molecule has 9 heteroatoms. The Morgan fingerprint density at radius 2 is 1.59 bits per heavy atom. The Balaban J connectivity index is 1.88. The van der Waals surface area contributed by atoms with Gasteiger partial charge in [-0.1, -0.05) is 12.1 Å². The highest BCUT2D eigenvalue weighted by Gasteiger charge is 2.11. The number of benzene rings is 2. The third kappa shape index (κ3) is 5.85. The molecule has 0 heterocycles. The minimum Gasteiger partial charge on any atom is -0.482 e. The predicted octanol–water partition coefficient (Wildman–Crippen LogP) is 1.48. The zero-order valence-electron chi connectivity index (χ0n) is 14.4. The lowest BCUT2D eigenvalue weighted by Crippen LogP contribution is -2.34. The van der Waals surface area contributed by atoms with Crippen molar-refractivity contribution in [2.75, 3.05) is 19.0 Å². The Bertz CT molecular complexity index is 847. The SMILES string of the molecule is COC(=O)COc1ccc(NC(=O)NC(=O)c2ccc(C(=N)N)cc2)cc1. The van der Waals surface area contributed by atoms with Crippen LogP contribution in [-0.2, 0) is 9.53 Å². The van der Waals surface area contributed by atoms with Gasteiger partial charge < -0.3 is 20.5 Å². The molecule has 0 aliphatic rings. The van der Waals surface area contributed by atoms with E-state index in [0.29, 0.717) is 17.0 Å². The number of carbonyl (C=O) groups excluding carboxylic acids is 3. The summed E-state index contributed by atoms with van der Waals surface area (Å²) in [6, 6.07) is 11.5. The summed E-state index contributed by atoms with van der Waals surface area (Å²) in [7, 11) is 1.26. The number of amidine groups is 1. The number of methoxy groups -OCH3 is 1. The molecule has 2 aromatic carbocycles. The largest absolute Gasteiger partial charge is 0.482 e. The van der Waals surface area contributed by atoms with Gasteiger partial charge in [-0.3, -0.25) is 15.5 Å². The summed E-state index contributed by atoms with van der Waals surface area (Å²) in [5.74, 6) is -0.793. The molecule has 140 valence electrons. The van der Waals surface area contributed by atoms with Crippen LogP contribution in [0.3, 0.4) is 0 Å². The van der Waals surface area contributed by atoms with Crippen LogP contribution in [0, 0.1) is 5.41 Å². The molecule has 5 N–H and O–H groups in total. The molecule has 0 bridgehead atoms. The number of urea groups is 1. The molecule has 27 heavy (non-hydrogen) atoms. The van der Waals surface area contributed by atoms with Gasteiger partial charge in [0.05, 0.1) is 7.11 Å². The van der Waals surface area contributed by atoms with E-state index < -0.39 is 17.9 Å². The van der Waals surface area contributed by atoms with Gasteiger partial charge >= 0.3 is 12.0 Å². The summed E-state index contributed by atoms with van der Waals surface area (Å²) in [5.41, 5.74) is 6.50. The Morgan fingerprint density at radius 3 is 2.15 bits per heavy atom. The van der Waals surface area contributed by atoms with Crippen LogP contribution >= 0.6 is 0 Å². The Labute approximate surface area is 155 Å². The van der Waals surface area contributed by atoms with Crippen LogP contribution in [0.25, 0.3) is 0 Å². The summed E-state index contributed by atoms with van der Waals surface area (Å²) < 4.78 is 9.65. The molecular weight excluding hydrogens is 352 g/mol. The minimum atomic E-state index is -0.709.